The van der Waals surface area contributed by atoms with Crippen LogP contribution in [0.1, 0.15) is 101 Å². The topological polar surface area (TPSA) is 112 Å². The molecule has 1 saturated heterocycles. The predicted molar refractivity (Wildman–Crippen MR) is 215 cm³/mol. The molecule has 5 aromatic rings. The minimum atomic E-state index is -0.594. The Morgan fingerprint density at radius 3 is 2.49 bits per heavy atom. The number of ether oxygens (including phenoxy) is 1. The van der Waals surface area contributed by atoms with E-state index in [1.165, 1.54) is 17.4 Å². The van der Waals surface area contributed by atoms with Gasteiger partial charge in [-0.25, -0.2) is 4.39 Å². The highest BCUT2D eigenvalue weighted by Gasteiger charge is 2.46. The van der Waals surface area contributed by atoms with Crippen molar-refractivity contribution in [1.29, 1.82) is 5.41 Å². The summed E-state index contributed by atoms with van der Waals surface area (Å²) in [5, 5.41) is 11.5. The van der Waals surface area contributed by atoms with E-state index in [0.29, 0.717) is 45.6 Å². The Morgan fingerprint density at radius 1 is 0.964 bits per heavy atom. The fourth-order valence-electron chi connectivity index (χ4n) is 8.22. The van der Waals surface area contributed by atoms with Crippen LogP contribution in [0.5, 0.6) is 0 Å². The molecule has 1 aliphatic carbocycles. The van der Waals surface area contributed by atoms with Crippen LogP contribution in [0.2, 0.25) is 0 Å². The van der Waals surface area contributed by atoms with Crippen LogP contribution in [-0.4, -0.2) is 48.1 Å². The second-order valence-electron chi connectivity index (χ2n) is 14.9. The Labute approximate surface area is 323 Å². The van der Waals surface area contributed by atoms with Crippen LogP contribution < -0.4 is 10.2 Å². The molecule has 1 spiro atoms. The molecule has 55 heavy (non-hydrogen) atoms. The first kappa shape index (κ1) is 36.4. The van der Waals surface area contributed by atoms with Gasteiger partial charge in [0.1, 0.15) is 11.5 Å². The second-order valence-corrected chi connectivity index (χ2v) is 16.0. The molecule has 2 N–H and O–H groups in total. The number of amides is 2. The van der Waals surface area contributed by atoms with Crippen molar-refractivity contribution in [2.24, 2.45) is 5.41 Å². The van der Waals surface area contributed by atoms with Crippen molar-refractivity contribution in [3.05, 3.63) is 146 Å². The highest BCUT2D eigenvalue weighted by atomic mass is 32.1. The molecule has 278 valence electrons. The van der Waals surface area contributed by atoms with Crippen LogP contribution in [0.15, 0.2) is 91.1 Å². The number of aromatic nitrogens is 1. The first-order chi connectivity index (χ1) is 26.6. The van der Waals surface area contributed by atoms with Gasteiger partial charge in [-0.3, -0.25) is 24.8 Å². The van der Waals surface area contributed by atoms with Gasteiger partial charge in [-0.15, -0.1) is 11.3 Å². The van der Waals surface area contributed by atoms with Crippen LogP contribution in [0.3, 0.4) is 0 Å². The highest BCUT2D eigenvalue weighted by Crippen LogP contribution is 2.56. The fraction of sp³-hybridized carbons (Fsp3) is 0.267. The maximum Gasteiger partial charge on any atom is 0.258 e. The number of aryl methyl sites for hydroxylation is 2. The SMILES string of the molecule is Cc1cnc(C2CC3(CCOCC3)C2)c(C(=O)Nc2ccc(C(=O)N3CCC(c4ccc(C(=O)C(=N)c5c(C)cccc5F)s4)=Cc4ccccc43)cc2)c1. The molecule has 0 bridgehead atoms. The molecular weight excluding hydrogens is 712 g/mol. The maximum atomic E-state index is 14.6. The molecule has 2 aromatic heterocycles. The number of halogens is 1. The largest absolute Gasteiger partial charge is 0.381 e. The van der Waals surface area contributed by atoms with Crippen molar-refractivity contribution in [3.8, 4) is 0 Å². The summed E-state index contributed by atoms with van der Waals surface area (Å²) in [5.74, 6) is -1.26. The monoisotopic (exact) mass is 752 g/mol. The van der Waals surface area contributed by atoms with Crippen molar-refractivity contribution >= 4 is 57.7 Å². The Morgan fingerprint density at radius 2 is 1.73 bits per heavy atom. The molecule has 0 atom stereocenters. The molecule has 2 amide bonds. The number of rotatable bonds is 8. The number of nitrogens with one attached hydrogen (secondary N) is 2. The van der Waals surface area contributed by atoms with E-state index >= 15 is 0 Å². The molecule has 2 aliphatic heterocycles. The van der Waals surface area contributed by atoms with E-state index in [1.807, 2.05) is 55.6 Å². The van der Waals surface area contributed by atoms with Crippen molar-refractivity contribution < 1.29 is 23.5 Å². The third-order valence-corrected chi connectivity index (χ3v) is 12.4. The van der Waals surface area contributed by atoms with Crippen LogP contribution in [0.4, 0.5) is 15.8 Å². The third-order valence-electron chi connectivity index (χ3n) is 11.2. The van der Waals surface area contributed by atoms with Crippen LogP contribution in [0, 0.1) is 30.5 Å². The summed E-state index contributed by atoms with van der Waals surface area (Å²) in [4.78, 5) is 48.8. The van der Waals surface area contributed by atoms with E-state index in [1.54, 1.807) is 54.3 Å². The Bertz CT molecular complexity index is 2350. The number of pyridine rings is 1. The van der Waals surface area contributed by atoms with Gasteiger partial charge in [0.2, 0.25) is 5.78 Å². The minimum absolute atomic E-state index is 0.0139. The van der Waals surface area contributed by atoms with Gasteiger partial charge in [0.05, 0.1) is 21.8 Å². The van der Waals surface area contributed by atoms with Gasteiger partial charge in [0.15, 0.2) is 0 Å². The molecule has 2 fully saturated rings. The van der Waals surface area contributed by atoms with E-state index < -0.39 is 11.6 Å². The Hall–Kier alpha value is -5.58. The molecule has 0 unspecified atom stereocenters. The number of nitrogens with zero attached hydrogens (tertiary/aromatic N) is 2. The van der Waals surface area contributed by atoms with Crippen molar-refractivity contribution in [2.45, 2.75) is 51.9 Å². The predicted octanol–water partition coefficient (Wildman–Crippen LogP) is 9.67. The fourth-order valence-corrected chi connectivity index (χ4v) is 9.22. The Kier molecular flexibility index (Phi) is 9.88. The average Bonchev–Trinajstić information content (AvgIpc) is 3.59. The van der Waals surface area contributed by atoms with Crippen LogP contribution in [0.25, 0.3) is 11.6 Å². The lowest BCUT2D eigenvalue weighted by Gasteiger charge is -2.50. The molecule has 3 aromatic carbocycles. The van der Waals surface area contributed by atoms with E-state index in [0.717, 1.165) is 71.9 Å². The number of hydrogen-bond donors (Lipinski definition) is 2. The average molecular weight is 753 g/mol. The molecule has 0 radical (unpaired) electrons. The van der Waals surface area contributed by atoms with Crippen molar-refractivity contribution in [1.82, 2.24) is 4.98 Å². The van der Waals surface area contributed by atoms with Crippen molar-refractivity contribution in [2.75, 3.05) is 30.0 Å². The molecule has 8 rings (SSSR count). The summed E-state index contributed by atoms with van der Waals surface area (Å²) in [5.41, 5.74) is 6.50. The summed E-state index contributed by atoms with van der Waals surface area (Å²) < 4.78 is 20.2. The summed E-state index contributed by atoms with van der Waals surface area (Å²) in [6.07, 6.45) is 8.57. The number of carbonyl (C=O) groups is 3. The quantitative estimate of drug-likeness (QED) is 0.121. The smallest absolute Gasteiger partial charge is 0.258 e. The lowest BCUT2D eigenvalue weighted by atomic mass is 9.57. The van der Waals surface area contributed by atoms with Gasteiger partial charge < -0.3 is 15.0 Å². The van der Waals surface area contributed by atoms with Gasteiger partial charge in [-0.05, 0) is 134 Å². The summed E-state index contributed by atoms with van der Waals surface area (Å²) in [6.45, 7) is 5.62. The van der Waals surface area contributed by atoms with Gasteiger partial charge in [0, 0.05) is 53.6 Å². The summed E-state index contributed by atoms with van der Waals surface area (Å²) in [7, 11) is 0. The number of carbonyl (C=O) groups excluding carboxylic acids is 3. The van der Waals surface area contributed by atoms with E-state index in [2.05, 4.69) is 5.32 Å². The summed E-state index contributed by atoms with van der Waals surface area (Å²) >= 11 is 1.26. The number of thiophene rings is 1. The lowest BCUT2D eigenvalue weighted by Crippen LogP contribution is -2.41. The molecule has 8 nitrogen and oxygen atoms in total. The lowest BCUT2D eigenvalue weighted by molar-refractivity contribution is -0.0405. The number of fused-ring (bicyclic) bond motifs is 1. The standard InChI is InChI=1S/C45H41FN4O4S/c1-27-22-34(41(48-26-27)32-24-45(25-32)17-20-54-21-18-45)43(52)49-33-12-10-29(11-13-33)44(53)50-19-16-31(23-30-7-3-4-9-36(30)50)37-14-15-38(55-37)42(51)40(47)39-28(2)6-5-8-35(39)46/h3-15,22-23,26,32,47H,16-21,24-25H2,1-2H3,(H,49,52). The number of ketones is 1. The molecule has 1 saturated carbocycles. The normalized spacial score (nSPS) is 16.4. The highest BCUT2D eigenvalue weighted by molar-refractivity contribution is 7.16. The number of Topliss-reactive ketones (excluding diaryl/α,β-unsaturated/α-hetero) is 1. The van der Waals surface area contributed by atoms with Gasteiger partial charge in [0.25, 0.3) is 11.8 Å². The zero-order valence-corrected chi connectivity index (χ0v) is 31.6. The van der Waals surface area contributed by atoms with Gasteiger partial charge in [-0.1, -0.05) is 30.3 Å². The number of benzene rings is 3. The second kappa shape index (κ2) is 14.9. The Balaban J connectivity index is 0.958. The molecular formula is C45H41FN4O4S. The molecule has 10 heteroatoms. The first-order valence-electron chi connectivity index (χ1n) is 18.7. The van der Waals surface area contributed by atoms with Crippen LogP contribution >= 0.6 is 11.3 Å². The van der Waals surface area contributed by atoms with E-state index in [9.17, 15) is 18.8 Å². The minimum Gasteiger partial charge on any atom is -0.381 e. The molecule has 3 aliphatic rings. The molecule has 4 heterocycles. The number of para-hydroxylation sites is 1. The van der Waals surface area contributed by atoms with Crippen LogP contribution in [-0.2, 0) is 4.74 Å². The van der Waals surface area contributed by atoms with E-state index in [4.69, 9.17) is 15.1 Å². The number of anilines is 2. The van der Waals surface area contributed by atoms with Gasteiger partial charge >= 0.3 is 0 Å². The first-order valence-corrected chi connectivity index (χ1v) is 19.5. The van der Waals surface area contributed by atoms with Crippen molar-refractivity contribution in [3.63, 3.8) is 0 Å². The maximum absolute atomic E-state index is 14.6. The zero-order valence-electron chi connectivity index (χ0n) is 30.8. The number of hydrogen-bond acceptors (Lipinski definition) is 7. The van der Waals surface area contributed by atoms with Gasteiger partial charge in [-0.2, -0.15) is 0 Å². The van der Waals surface area contributed by atoms with E-state index in [-0.39, 0.29) is 29.0 Å². The zero-order chi connectivity index (χ0) is 38.3. The summed E-state index contributed by atoms with van der Waals surface area (Å²) in [6, 6.07) is 24.6. The third kappa shape index (κ3) is 7.20.